The number of carbonyl (C=O) groups excluding carboxylic acids is 1. The molecule has 0 saturated carbocycles. The first-order valence-corrected chi connectivity index (χ1v) is 10.3. The van der Waals surface area contributed by atoms with Gasteiger partial charge in [0.05, 0.1) is 4.90 Å². The Hall–Kier alpha value is -1.92. The minimum absolute atomic E-state index is 0.0284. The maximum Gasteiger partial charge on any atom is 0.243 e. The molecule has 2 aromatic carbocycles. The Labute approximate surface area is 148 Å². The standard InChI is InChI=1S/C19H22N2O3S/c22-19(20-11-3-4-12-20)18-8-5-13-21(18)25(23,24)17-10-9-15-6-1-2-7-16(15)14-17/h1-2,6-7,9-10,14,18H,3-5,8,11-13H2/t18-/m0/s1. The van der Waals surface area contributed by atoms with Crippen LogP contribution in [-0.4, -0.2) is 49.2 Å². The van der Waals surface area contributed by atoms with Crippen molar-refractivity contribution >= 4 is 26.7 Å². The zero-order chi connectivity index (χ0) is 17.4. The number of sulfonamides is 1. The lowest BCUT2D eigenvalue weighted by atomic mass is 10.1. The minimum atomic E-state index is -3.67. The van der Waals surface area contributed by atoms with Crippen molar-refractivity contribution in [2.45, 2.75) is 36.6 Å². The van der Waals surface area contributed by atoms with Gasteiger partial charge in [0.15, 0.2) is 0 Å². The normalized spacial score (nSPS) is 21.9. The summed E-state index contributed by atoms with van der Waals surface area (Å²) < 4.78 is 27.7. The summed E-state index contributed by atoms with van der Waals surface area (Å²) in [5.74, 6) is -0.0284. The number of likely N-dealkylation sites (tertiary alicyclic amines) is 1. The summed E-state index contributed by atoms with van der Waals surface area (Å²) in [6.45, 7) is 1.91. The van der Waals surface area contributed by atoms with Crippen molar-refractivity contribution in [1.82, 2.24) is 9.21 Å². The summed E-state index contributed by atoms with van der Waals surface area (Å²) in [5.41, 5.74) is 0. The van der Waals surface area contributed by atoms with Crippen LogP contribution >= 0.6 is 0 Å². The monoisotopic (exact) mass is 358 g/mol. The van der Waals surface area contributed by atoms with Crippen molar-refractivity contribution in [2.75, 3.05) is 19.6 Å². The molecule has 2 aliphatic rings. The first kappa shape index (κ1) is 16.5. The molecule has 0 aromatic heterocycles. The highest BCUT2D eigenvalue weighted by Crippen LogP contribution is 2.29. The van der Waals surface area contributed by atoms with Crippen molar-refractivity contribution in [1.29, 1.82) is 0 Å². The molecule has 6 heteroatoms. The minimum Gasteiger partial charge on any atom is -0.341 e. The van der Waals surface area contributed by atoms with Crippen LogP contribution in [0, 0.1) is 0 Å². The molecule has 5 nitrogen and oxygen atoms in total. The van der Waals surface area contributed by atoms with E-state index in [-0.39, 0.29) is 10.8 Å². The molecular weight excluding hydrogens is 336 g/mol. The van der Waals surface area contributed by atoms with Crippen LogP contribution in [0.5, 0.6) is 0 Å². The molecule has 2 heterocycles. The molecular formula is C19H22N2O3S. The number of benzene rings is 2. The Balaban J connectivity index is 1.66. The second kappa shape index (κ2) is 6.42. The molecule has 2 fully saturated rings. The zero-order valence-electron chi connectivity index (χ0n) is 14.1. The van der Waals surface area contributed by atoms with Crippen LogP contribution in [0.4, 0.5) is 0 Å². The average molecular weight is 358 g/mol. The van der Waals surface area contributed by atoms with Gasteiger partial charge in [-0.15, -0.1) is 0 Å². The van der Waals surface area contributed by atoms with Crippen LogP contribution in [0.3, 0.4) is 0 Å². The van der Waals surface area contributed by atoms with Gasteiger partial charge in [0, 0.05) is 19.6 Å². The molecule has 0 N–H and O–H groups in total. The van der Waals surface area contributed by atoms with Crippen molar-refractivity contribution < 1.29 is 13.2 Å². The molecule has 4 rings (SSSR count). The second-order valence-corrected chi connectivity index (χ2v) is 8.71. The van der Waals surface area contributed by atoms with Gasteiger partial charge >= 0.3 is 0 Å². The topological polar surface area (TPSA) is 57.7 Å². The Morgan fingerprint density at radius 1 is 0.920 bits per heavy atom. The van der Waals surface area contributed by atoms with Gasteiger partial charge in [-0.1, -0.05) is 30.3 Å². The van der Waals surface area contributed by atoms with Crippen LogP contribution in [0.15, 0.2) is 47.4 Å². The van der Waals surface area contributed by atoms with E-state index in [1.807, 2.05) is 35.2 Å². The molecule has 2 aliphatic heterocycles. The fraction of sp³-hybridized carbons (Fsp3) is 0.421. The van der Waals surface area contributed by atoms with Gasteiger partial charge in [0.25, 0.3) is 0 Å². The van der Waals surface area contributed by atoms with E-state index in [4.69, 9.17) is 0 Å². The molecule has 25 heavy (non-hydrogen) atoms. The summed E-state index contributed by atoms with van der Waals surface area (Å²) in [6.07, 6.45) is 3.37. The third-order valence-electron chi connectivity index (χ3n) is 5.23. The average Bonchev–Trinajstić information content (AvgIpc) is 3.32. The fourth-order valence-electron chi connectivity index (χ4n) is 3.89. The van der Waals surface area contributed by atoms with Gasteiger partial charge in [0.2, 0.25) is 15.9 Å². The Kier molecular flexibility index (Phi) is 4.25. The van der Waals surface area contributed by atoms with Gasteiger partial charge in [-0.25, -0.2) is 8.42 Å². The summed E-state index contributed by atoms with van der Waals surface area (Å²) in [5, 5.41) is 1.90. The third-order valence-corrected chi connectivity index (χ3v) is 7.14. The van der Waals surface area contributed by atoms with Gasteiger partial charge in [-0.05, 0) is 48.6 Å². The maximum atomic E-state index is 13.2. The molecule has 0 bridgehead atoms. The number of fused-ring (bicyclic) bond motifs is 1. The molecule has 1 amide bonds. The van der Waals surface area contributed by atoms with E-state index in [1.165, 1.54) is 4.31 Å². The zero-order valence-corrected chi connectivity index (χ0v) is 14.9. The number of carbonyl (C=O) groups is 1. The first-order chi connectivity index (χ1) is 12.1. The Morgan fingerprint density at radius 3 is 2.40 bits per heavy atom. The van der Waals surface area contributed by atoms with Crippen LogP contribution < -0.4 is 0 Å². The van der Waals surface area contributed by atoms with Gasteiger partial charge in [0.1, 0.15) is 6.04 Å². The van der Waals surface area contributed by atoms with Crippen LogP contribution in [-0.2, 0) is 14.8 Å². The van der Waals surface area contributed by atoms with E-state index in [9.17, 15) is 13.2 Å². The molecule has 132 valence electrons. The van der Waals surface area contributed by atoms with Crippen LogP contribution in [0.2, 0.25) is 0 Å². The first-order valence-electron chi connectivity index (χ1n) is 8.87. The van der Waals surface area contributed by atoms with E-state index in [0.717, 1.165) is 43.1 Å². The fourth-order valence-corrected chi connectivity index (χ4v) is 5.57. The number of amides is 1. The molecule has 0 spiro atoms. The highest BCUT2D eigenvalue weighted by molar-refractivity contribution is 7.89. The molecule has 1 atom stereocenters. The summed E-state index contributed by atoms with van der Waals surface area (Å²) >= 11 is 0. The van der Waals surface area contributed by atoms with Crippen molar-refractivity contribution in [2.24, 2.45) is 0 Å². The number of hydrogen-bond donors (Lipinski definition) is 0. The van der Waals surface area contributed by atoms with Gasteiger partial charge in [-0.3, -0.25) is 4.79 Å². The van der Waals surface area contributed by atoms with Crippen molar-refractivity contribution in [3.05, 3.63) is 42.5 Å². The quantitative estimate of drug-likeness (QED) is 0.847. The van der Waals surface area contributed by atoms with E-state index in [2.05, 4.69) is 0 Å². The van der Waals surface area contributed by atoms with Crippen LogP contribution in [0.1, 0.15) is 25.7 Å². The number of hydrogen-bond acceptors (Lipinski definition) is 3. The second-order valence-electron chi connectivity index (χ2n) is 6.82. The summed E-state index contributed by atoms with van der Waals surface area (Å²) in [4.78, 5) is 14.9. The lowest BCUT2D eigenvalue weighted by molar-refractivity contribution is -0.133. The van der Waals surface area contributed by atoms with Crippen molar-refractivity contribution in [3.8, 4) is 0 Å². The van der Waals surface area contributed by atoms with E-state index < -0.39 is 16.1 Å². The van der Waals surface area contributed by atoms with Crippen molar-refractivity contribution in [3.63, 3.8) is 0 Å². The number of nitrogens with zero attached hydrogens (tertiary/aromatic N) is 2. The predicted molar refractivity (Wildman–Crippen MR) is 96.7 cm³/mol. The molecule has 0 aliphatic carbocycles. The summed E-state index contributed by atoms with van der Waals surface area (Å²) in [6, 6.07) is 12.3. The highest BCUT2D eigenvalue weighted by Gasteiger charge is 2.41. The predicted octanol–water partition coefficient (Wildman–Crippen LogP) is 2.62. The SMILES string of the molecule is O=C([C@@H]1CCCN1S(=O)(=O)c1ccc2ccccc2c1)N1CCCC1. The lowest BCUT2D eigenvalue weighted by Gasteiger charge is -2.27. The Morgan fingerprint density at radius 2 is 1.64 bits per heavy atom. The molecule has 2 saturated heterocycles. The maximum absolute atomic E-state index is 13.2. The largest absolute Gasteiger partial charge is 0.341 e. The van der Waals surface area contributed by atoms with E-state index in [1.54, 1.807) is 12.1 Å². The molecule has 0 unspecified atom stereocenters. The molecule has 0 radical (unpaired) electrons. The van der Waals surface area contributed by atoms with Gasteiger partial charge in [-0.2, -0.15) is 4.31 Å². The number of rotatable bonds is 3. The lowest BCUT2D eigenvalue weighted by Crippen LogP contribution is -2.46. The highest BCUT2D eigenvalue weighted by atomic mass is 32.2. The smallest absolute Gasteiger partial charge is 0.243 e. The van der Waals surface area contributed by atoms with E-state index >= 15 is 0 Å². The van der Waals surface area contributed by atoms with Gasteiger partial charge < -0.3 is 4.90 Å². The Bertz CT molecular complexity index is 904. The molecule has 2 aromatic rings. The van der Waals surface area contributed by atoms with E-state index in [0.29, 0.717) is 13.0 Å². The summed E-state index contributed by atoms with van der Waals surface area (Å²) in [7, 11) is -3.67. The van der Waals surface area contributed by atoms with Crippen LogP contribution in [0.25, 0.3) is 10.8 Å². The third kappa shape index (κ3) is 2.93.